The standard InChI is InChI=1S/C24H25FN4O3/c1-26-15-12-29(13-15)24(31)20-9-14(5-8-21(20)25)10-22-19-11-17(32-16-3-2-4-16)6-7-18(19)23(30)28-27-22/h5-9,11,15-16,26H,2-4,10,12-13H2,1H3,(H,28,30). The molecule has 1 saturated carbocycles. The van der Waals surface area contributed by atoms with Gasteiger partial charge in [0.2, 0.25) is 0 Å². The normalized spacial score (nSPS) is 16.6. The lowest BCUT2D eigenvalue weighted by molar-refractivity contribution is 0.0572. The molecule has 3 aromatic rings. The summed E-state index contributed by atoms with van der Waals surface area (Å²) < 4.78 is 20.4. The van der Waals surface area contributed by atoms with Crippen molar-refractivity contribution >= 4 is 16.7 Å². The zero-order valence-electron chi connectivity index (χ0n) is 17.9. The summed E-state index contributed by atoms with van der Waals surface area (Å²) in [7, 11) is 1.85. The van der Waals surface area contributed by atoms with E-state index in [1.54, 1.807) is 29.2 Å². The SMILES string of the molecule is CNC1CN(C(=O)c2cc(Cc3n[nH]c(=O)c4ccc(OC5CCC5)cc34)ccc2F)C1. The second-order valence-corrected chi connectivity index (χ2v) is 8.56. The molecule has 7 nitrogen and oxygen atoms in total. The summed E-state index contributed by atoms with van der Waals surface area (Å²) >= 11 is 0. The summed E-state index contributed by atoms with van der Waals surface area (Å²) in [4.78, 5) is 26.6. The molecule has 1 amide bonds. The van der Waals surface area contributed by atoms with Crippen LogP contribution in [0.15, 0.2) is 41.2 Å². The molecule has 0 bridgehead atoms. The van der Waals surface area contributed by atoms with Gasteiger partial charge in [-0.25, -0.2) is 9.49 Å². The van der Waals surface area contributed by atoms with Crippen molar-refractivity contribution < 1.29 is 13.9 Å². The summed E-state index contributed by atoms with van der Waals surface area (Å²) in [6, 6.07) is 10.2. The minimum absolute atomic E-state index is 0.0554. The number of aromatic amines is 1. The highest BCUT2D eigenvalue weighted by molar-refractivity contribution is 5.95. The van der Waals surface area contributed by atoms with Crippen molar-refractivity contribution in [2.75, 3.05) is 20.1 Å². The number of nitrogens with one attached hydrogen (secondary N) is 2. The number of hydrogen-bond acceptors (Lipinski definition) is 5. The Balaban J connectivity index is 1.43. The van der Waals surface area contributed by atoms with Crippen LogP contribution in [-0.4, -0.2) is 53.3 Å². The lowest BCUT2D eigenvalue weighted by Gasteiger charge is -2.39. The Morgan fingerprint density at radius 3 is 2.75 bits per heavy atom. The van der Waals surface area contributed by atoms with Gasteiger partial charge in [0.15, 0.2) is 0 Å². The van der Waals surface area contributed by atoms with Crippen LogP contribution < -0.4 is 15.6 Å². The van der Waals surface area contributed by atoms with Gasteiger partial charge in [-0.15, -0.1) is 0 Å². The van der Waals surface area contributed by atoms with Crippen LogP contribution in [0.3, 0.4) is 0 Å². The van der Waals surface area contributed by atoms with E-state index in [2.05, 4.69) is 15.5 Å². The first-order valence-corrected chi connectivity index (χ1v) is 10.9. The van der Waals surface area contributed by atoms with Gasteiger partial charge in [0.05, 0.1) is 22.7 Å². The van der Waals surface area contributed by atoms with Gasteiger partial charge in [-0.2, -0.15) is 5.10 Å². The average molecular weight is 436 g/mol. The van der Waals surface area contributed by atoms with Crippen molar-refractivity contribution in [3.8, 4) is 5.75 Å². The number of hydrogen-bond donors (Lipinski definition) is 2. The van der Waals surface area contributed by atoms with E-state index >= 15 is 0 Å². The molecule has 2 aliphatic rings. The predicted octanol–water partition coefficient (Wildman–Crippen LogP) is 2.63. The van der Waals surface area contributed by atoms with Crippen molar-refractivity contribution in [1.29, 1.82) is 0 Å². The van der Waals surface area contributed by atoms with Crippen molar-refractivity contribution in [3.63, 3.8) is 0 Å². The Morgan fingerprint density at radius 2 is 2.03 bits per heavy atom. The van der Waals surface area contributed by atoms with Crippen LogP contribution >= 0.6 is 0 Å². The quantitative estimate of drug-likeness (QED) is 0.620. The number of benzene rings is 2. The maximum absolute atomic E-state index is 14.4. The monoisotopic (exact) mass is 436 g/mol. The molecule has 2 N–H and O–H groups in total. The summed E-state index contributed by atoms with van der Waals surface area (Å²) in [5, 5.41) is 11.1. The number of carbonyl (C=O) groups excluding carboxylic acids is 1. The summed E-state index contributed by atoms with van der Waals surface area (Å²) in [6.45, 7) is 1.13. The molecule has 8 heteroatoms. The van der Waals surface area contributed by atoms with Crippen molar-refractivity contribution in [3.05, 3.63) is 69.4 Å². The minimum Gasteiger partial charge on any atom is -0.490 e. The number of fused-ring (bicyclic) bond motifs is 1. The third-order valence-electron chi connectivity index (χ3n) is 6.40. The number of nitrogens with zero attached hydrogens (tertiary/aromatic N) is 2. The molecular formula is C24H25FN4O3. The van der Waals surface area contributed by atoms with E-state index in [0.29, 0.717) is 41.7 Å². The third kappa shape index (κ3) is 3.86. The first-order valence-electron chi connectivity index (χ1n) is 10.9. The van der Waals surface area contributed by atoms with Gasteiger partial charge >= 0.3 is 0 Å². The predicted molar refractivity (Wildman–Crippen MR) is 119 cm³/mol. The fourth-order valence-electron chi connectivity index (χ4n) is 4.12. The molecule has 5 rings (SSSR count). The smallest absolute Gasteiger partial charge is 0.272 e. The van der Waals surface area contributed by atoms with E-state index in [-0.39, 0.29) is 29.2 Å². The van der Waals surface area contributed by atoms with Gasteiger partial charge in [-0.05, 0) is 62.2 Å². The number of carbonyl (C=O) groups is 1. The first kappa shape index (κ1) is 20.6. The second-order valence-electron chi connectivity index (χ2n) is 8.56. The van der Waals surface area contributed by atoms with Crippen LogP contribution in [0.2, 0.25) is 0 Å². The van der Waals surface area contributed by atoms with Gasteiger partial charge in [0.1, 0.15) is 11.6 Å². The highest BCUT2D eigenvalue weighted by Gasteiger charge is 2.31. The molecule has 1 aliphatic heterocycles. The number of likely N-dealkylation sites (N-methyl/N-ethyl adjacent to an activating group) is 1. The number of amides is 1. The Morgan fingerprint density at radius 1 is 1.22 bits per heavy atom. The Hall–Kier alpha value is -3.26. The molecule has 166 valence electrons. The van der Waals surface area contributed by atoms with Crippen molar-refractivity contribution in [1.82, 2.24) is 20.4 Å². The van der Waals surface area contributed by atoms with Crippen LogP contribution in [0.25, 0.3) is 10.8 Å². The molecule has 0 unspecified atom stereocenters. The number of likely N-dealkylation sites (tertiary alicyclic amines) is 1. The molecular weight excluding hydrogens is 411 g/mol. The molecule has 2 aromatic carbocycles. The number of rotatable bonds is 6. The molecule has 1 saturated heterocycles. The largest absolute Gasteiger partial charge is 0.490 e. The molecule has 1 aliphatic carbocycles. The Labute approximate surface area is 184 Å². The summed E-state index contributed by atoms with van der Waals surface area (Å²) in [5.74, 6) is -0.142. The molecule has 0 atom stereocenters. The maximum atomic E-state index is 14.4. The molecule has 32 heavy (non-hydrogen) atoms. The van der Waals surface area contributed by atoms with E-state index in [0.717, 1.165) is 18.4 Å². The maximum Gasteiger partial charge on any atom is 0.272 e. The van der Waals surface area contributed by atoms with Gasteiger partial charge in [0, 0.05) is 30.9 Å². The number of aromatic nitrogens is 2. The van der Waals surface area contributed by atoms with Gasteiger partial charge < -0.3 is 15.0 Å². The van der Waals surface area contributed by atoms with Gasteiger partial charge in [0.25, 0.3) is 11.5 Å². The van der Waals surface area contributed by atoms with Crippen molar-refractivity contribution in [2.45, 2.75) is 37.8 Å². The van der Waals surface area contributed by atoms with Crippen molar-refractivity contribution in [2.24, 2.45) is 0 Å². The highest BCUT2D eigenvalue weighted by atomic mass is 19.1. The van der Waals surface area contributed by atoms with E-state index in [1.807, 2.05) is 13.1 Å². The zero-order valence-corrected chi connectivity index (χ0v) is 17.9. The molecule has 0 radical (unpaired) electrons. The number of halogens is 1. The van der Waals surface area contributed by atoms with E-state index in [1.165, 1.54) is 12.5 Å². The first-order chi connectivity index (χ1) is 15.5. The highest BCUT2D eigenvalue weighted by Crippen LogP contribution is 2.28. The lowest BCUT2D eigenvalue weighted by atomic mass is 9.96. The van der Waals surface area contributed by atoms with Crippen LogP contribution in [0, 0.1) is 5.82 Å². The fraction of sp³-hybridized carbons (Fsp3) is 0.375. The van der Waals surface area contributed by atoms with E-state index in [9.17, 15) is 14.0 Å². The molecule has 2 heterocycles. The Kier molecular flexibility index (Phi) is 5.38. The summed E-state index contributed by atoms with van der Waals surface area (Å²) in [6.07, 6.45) is 3.82. The average Bonchev–Trinajstić information content (AvgIpc) is 2.73. The summed E-state index contributed by atoms with van der Waals surface area (Å²) in [5.41, 5.74) is 1.17. The zero-order chi connectivity index (χ0) is 22.2. The molecule has 0 spiro atoms. The van der Waals surface area contributed by atoms with Gasteiger partial charge in [-0.3, -0.25) is 9.59 Å². The molecule has 1 aromatic heterocycles. The van der Waals surface area contributed by atoms with Gasteiger partial charge in [-0.1, -0.05) is 6.07 Å². The number of ether oxygens (including phenoxy) is 1. The minimum atomic E-state index is -0.540. The third-order valence-corrected chi connectivity index (χ3v) is 6.40. The van der Waals surface area contributed by atoms with Crippen LogP contribution in [0.1, 0.15) is 40.9 Å². The lowest BCUT2D eigenvalue weighted by Crippen LogP contribution is -2.59. The van der Waals surface area contributed by atoms with Crippen LogP contribution in [0.4, 0.5) is 4.39 Å². The number of H-pyrrole nitrogens is 1. The molecule has 2 fully saturated rings. The van der Waals surface area contributed by atoms with Crippen LogP contribution in [-0.2, 0) is 6.42 Å². The second kappa shape index (κ2) is 8.35. The van der Waals surface area contributed by atoms with E-state index in [4.69, 9.17) is 4.74 Å². The van der Waals surface area contributed by atoms with E-state index < -0.39 is 5.82 Å². The Bertz CT molecular complexity index is 1230. The van der Waals surface area contributed by atoms with Crippen LogP contribution in [0.5, 0.6) is 5.75 Å². The topological polar surface area (TPSA) is 87.3 Å². The fourth-order valence-corrected chi connectivity index (χ4v) is 4.12.